The van der Waals surface area contributed by atoms with E-state index in [2.05, 4.69) is 103 Å². The molecule has 0 aliphatic carbocycles. The van der Waals surface area contributed by atoms with Gasteiger partial charge >= 0.3 is 0 Å². The Labute approximate surface area is 294 Å². The quantitative estimate of drug-likeness (QED) is 0.186. The smallest absolute Gasteiger partial charge is 0.164 e. The summed E-state index contributed by atoms with van der Waals surface area (Å²) in [6.07, 6.45) is 0. The van der Waals surface area contributed by atoms with Crippen LogP contribution in [0.5, 0.6) is 0 Å². The van der Waals surface area contributed by atoms with Gasteiger partial charge in [-0.1, -0.05) is 158 Å². The predicted molar refractivity (Wildman–Crippen MR) is 209 cm³/mol. The monoisotopic (exact) mass is 651 g/mol. The van der Waals surface area contributed by atoms with Gasteiger partial charge in [0.15, 0.2) is 17.5 Å². The van der Waals surface area contributed by atoms with Crippen LogP contribution in [0.25, 0.3) is 99.9 Å². The molecule has 238 valence electrons. The molecule has 10 aromatic rings. The van der Waals surface area contributed by atoms with Crippen LogP contribution < -0.4 is 0 Å². The largest absolute Gasteiger partial charge is 0.455 e. The molecule has 10 rings (SSSR count). The van der Waals surface area contributed by atoms with Crippen molar-refractivity contribution in [2.45, 2.75) is 0 Å². The van der Waals surface area contributed by atoms with Crippen LogP contribution in [-0.2, 0) is 0 Å². The molecule has 0 amide bonds. The third kappa shape index (κ3) is 4.96. The van der Waals surface area contributed by atoms with Gasteiger partial charge in [-0.05, 0) is 56.4 Å². The van der Waals surface area contributed by atoms with Crippen molar-refractivity contribution in [3.8, 4) is 56.4 Å². The van der Waals surface area contributed by atoms with E-state index < -0.39 is 0 Å². The summed E-state index contributed by atoms with van der Waals surface area (Å²) < 4.78 is 6.89. The molecule has 4 heteroatoms. The van der Waals surface area contributed by atoms with Crippen LogP contribution in [0.15, 0.2) is 180 Å². The minimum absolute atomic E-state index is 0.596. The van der Waals surface area contributed by atoms with Crippen molar-refractivity contribution in [3.63, 3.8) is 0 Å². The maximum atomic E-state index is 6.89. The molecular formula is C47H29N3O. The van der Waals surface area contributed by atoms with Gasteiger partial charge in [0.1, 0.15) is 11.2 Å². The number of fused-ring (bicyclic) bond motifs is 5. The highest BCUT2D eigenvalue weighted by Crippen LogP contribution is 2.45. The van der Waals surface area contributed by atoms with Crippen LogP contribution in [0, 0.1) is 0 Å². The van der Waals surface area contributed by atoms with Gasteiger partial charge in [-0.2, -0.15) is 0 Å². The number of rotatable bonds is 5. The highest BCUT2D eigenvalue weighted by molar-refractivity contribution is 6.18. The minimum Gasteiger partial charge on any atom is -0.455 e. The summed E-state index contributed by atoms with van der Waals surface area (Å²) in [7, 11) is 0. The second-order valence-corrected chi connectivity index (χ2v) is 12.8. The van der Waals surface area contributed by atoms with E-state index in [1.54, 1.807) is 0 Å². The summed E-state index contributed by atoms with van der Waals surface area (Å²) in [6, 6.07) is 61.0. The molecule has 0 aliphatic rings. The Kier molecular flexibility index (Phi) is 6.78. The average Bonchev–Trinajstić information content (AvgIpc) is 3.59. The third-order valence-corrected chi connectivity index (χ3v) is 9.72. The summed E-state index contributed by atoms with van der Waals surface area (Å²) >= 11 is 0. The Bertz CT molecular complexity index is 2840. The second-order valence-electron chi connectivity index (χ2n) is 12.8. The number of nitrogens with zero attached hydrogens (tertiary/aromatic N) is 3. The first-order valence-electron chi connectivity index (χ1n) is 17.1. The van der Waals surface area contributed by atoms with Crippen LogP contribution in [0.3, 0.4) is 0 Å². The van der Waals surface area contributed by atoms with E-state index in [0.29, 0.717) is 17.5 Å². The van der Waals surface area contributed by atoms with Crippen LogP contribution in [0.2, 0.25) is 0 Å². The fourth-order valence-electron chi connectivity index (χ4n) is 7.34. The molecule has 4 nitrogen and oxygen atoms in total. The fourth-order valence-corrected chi connectivity index (χ4v) is 7.34. The molecule has 0 atom stereocenters. The highest BCUT2D eigenvalue weighted by atomic mass is 16.3. The van der Waals surface area contributed by atoms with Crippen LogP contribution in [0.1, 0.15) is 0 Å². The number of furan rings is 1. The molecule has 0 aliphatic heterocycles. The van der Waals surface area contributed by atoms with Crippen molar-refractivity contribution >= 4 is 43.5 Å². The van der Waals surface area contributed by atoms with E-state index in [0.717, 1.165) is 55.3 Å². The van der Waals surface area contributed by atoms with Crippen molar-refractivity contribution in [1.29, 1.82) is 0 Å². The van der Waals surface area contributed by atoms with Gasteiger partial charge in [-0.25, -0.2) is 15.0 Å². The lowest BCUT2D eigenvalue weighted by molar-refractivity contribution is 0.670. The first kappa shape index (κ1) is 29.0. The van der Waals surface area contributed by atoms with E-state index in [4.69, 9.17) is 19.4 Å². The lowest BCUT2D eigenvalue weighted by Gasteiger charge is -2.13. The minimum atomic E-state index is 0.596. The molecule has 51 heavy (non-hydrogen) atoms. The van der Waals surface area contributed by atoms with Crippen molar-refractivity contribution in [1.82, 2.24) is 15.0 Å². The van der Waals surface area contributed by atoms with Gasteiger partial charge < -0.3 is 4.42 Å². The summed E-state index contributed by atoms with van der Waals surface area (Å²) in [5.41, 5.74) is 8.81. The molecule has 0 bridgehead atoms. The Morgan fingerprint density at radius 3 is 1.51 bits per heavy atom. The molecule has 0 unspecified atom stereocenters. The zero-order valence-corrected chi connectivity index (χ0v) is 27.5. The van der Waals surface area contributed by atoms with E-state index in [1.165, 1.54) is 27.1 Å². The SMILES string of the molecule is c1ccc(-c2nc(-c3ccccc3)nc(-c3cccc4oc5c(-c6cccc7ccccc67)cc(-c6cccc7ccccc67)cc5c34)n2)cc1. The molecule has 0 saturated carbocycles. The second kappa shape index (κ2) is 11.9. The molecule has 0 fully saturated rings. The van der Waals surface area contributed by atoms with Crippen molar-refractivity contribution in [2.75, 3.05) is 0 Å². The highest BCUT2D eigenvalue weighted by Gasteiger charge is 2.22. The van der Waals surface area contributed by atoms with Gasteiger partial charge in [0.2, 0.25) is 0 Å². The molecule has 0 spiro atoms. The first-order chi connectivity index (χ1) is 25.3. The number of aromatic nitrogens is 3. The fraction of sp³-hybridized carbons (Fsp3) is 0. The van der Waals surface area contributed by atoms with Crippen molar-refractivity contribution in [3.05, 3.63) is 176 Å². The Morgan fingerprint density at radius 2 is 0.843 bits per heavy atom. The van der Waals surface area contributed by atoms with E-state index in [1.807, 2.05) is 72.8 Å². The van der Waals surface area contributed by atoms with Crippen molar-refractivity contribution < 1.29 is 4.42 Å². The Balaban J connectivity index is 1.30. The van der Waals surface area contributed by atoms with Gasteiger partial charge in [-0.15, -0.1) is 0 Å². The van der Waals surface area contributed by atoms with Gasteiger partial charge in [0.05, 0.1) is 0 Å². The zero-order chi connectivity index (χ0) is 33.7. The normalized spacial score (nSPS) is 11.5. The van der Waals surface area contributed by atoms with E-state index in [9.17, 15) is 0 Å². The summed E-state index contributed by atoms with van der Waals surface area (Å²) in [5, 5.41) is 6.75. The summed E-state index contributed by atoms with van der Waals surface area (Å²) in [6.45, 7) is 0. The first-order valence-corrected chi connectivity index (χ1v) is 17.1. The number of hydrogen-bond acceptors (Lipinski definition) is 4. The Morgan fingerprint density at radius 1 is 0.333 bits per heavy atom. The molecule has 0 radical (unpaired) electrons. The Hall–Kier alpha value is -6.91. The van der Waals surface area contributed by atoms with E-state index >= 15 is 0 Å². The molecular weight excluding hydrogens is 623 g/mol. The molecule has 0 N–H and O–H groups in total. The van der Waals surface area contributed by atoms with Crippen LogP contribution >= 0.6 is 0 Å². The molecule has 8 aromatic carbocycles. The van der Waals surface area contributed by atoms with Gasteiger partial charge in [0.25, 0.3) is 0 Å². The van der Waals surface area contributed by atoms with Crippen LogP contribution in [-0.4, -0.2) is 15.0 Å². The number of hydrogen-bond donors (Lipinski definition) is 0. The number of benzene rings is 8. The predicted octanol–water partition coefficient (Wildman–Crippen LogP) is 12.4. The van der Waals surface area contributed by atoms with Gasteiger partial charge in [0, 0.05) is 33.0 Å². The molecule has 0 saturated heterocycles. The van der Waals surface area contributed by atoms with E-state index in [-0.39, 0.29) is 0 Å². The lowest BCUT2D eigenvalue weighted by atomic mass is 9.91. The summed E-state index contributed by atoms with van der Waals surface area (Å²) in [4.78, 5) is 15.2. The average molecular weight is 652 g/mol. The summed E-state index contributed by atoms with van der Waals surface area (Å²) in [5.74, 6) is 1.84. The third-order valence-electron chi connectivity index (χ3n) is 9.72. The van der Waals surface area contributed by atoms with Crippen LogP contribution in [0.4, 0.5) is 0 Å². The zero-order valence-electron chi connectivity index (χ0n) is 27.5. The maximum absolute atomic E-state index is 6.89. The molecule has 2 heterocycles. The van der Waals surface area contributed by atoms with Crippen molar-refractivity contribution in [2.24, 2.45) is 0 Å². The molecule has 2 aromatic heterocycles. The van der Waals surface area contributed by atoms with Gasteiger partial charge in [-0.3, -0.25) is 0 Å². The lowest BCUT2D eigenvalue weighted by Crippen LogP contribution is -2.00. The maximum Gasteiger partial charge on any atom is 0.164 e. The topological polar surface area (TPSA) is 51.8 Å². The standard InChI is InChI=1S/C47H29N3O/c1-3-16-32(17-4-1)45-48-46(33-18-5-2-6-19-33)50-47(49-45)39-26-13-27-42-43(39)41-29-34(37-24-11-20-30-14-7-9-22-35(30)37)28-40(44(41)51-42)38-25-12-21-31-15-8-10-23-36(31)38/h1-29H.